The average Bonchev–Trinajstić information content (AvgIpc) is 3.37. The first-order chi connectivity index (χ1) is 17.1. The Bertz CT molecular complexity index is 989. The number of nitrogens with one attached hydrogen (secondary N) is 1. The largest absolute Gasteiger partial charge is 0.486 e. The van der Waals surface area contributed by atoms with E-state index >= 15 is 0 Å². The minimum Gasteiger partial charge on any atom is -0.486 e. The number of nitrogens with zero attached hydrogens (tertiary/aromatic N) is 1. The fourth-order valence-corrected chi connectivity index (χ4v) is 4.77. The molecule has 1 saturated heterocycles. The molecule has 1 atom stereocenters. The summed E-state index contributed by atoms with van der Waals surface area (Å²) in [6, 6.07) is 11.7. The molecule has 2 heterocycles. The molecule has 4 rings (SSSR count). The number of carbonyl (C=O) groups excluding carboxylic acids is 2. The first kappa shape index (κ1) is 25.2. The highest BCUT2D eigenvalue weighted by atomic mass is 19.1. The molecule has 1 N–H and O–H groups in total. The van der Waals surface area contributed by atoms with Gasteiger partial charge in [0.1, 0.15) is 19.0 Å². The molecule has 6 nitrogen and oxygen atoms in total. The van der Waals surface area contributed by atoms with E-state index < -0.39 is 0 Å². The van der Waals surface area contributed by atoms with Crippen LogP contribution in [0.15, 0.2) is 42.5 Å². The molecule has 0 bridgehead atoms. The number of amides is 1. The lowest BCUT2D eigenvalue weighted by Gasteiger charge is -2.25. The summed E-state index contributed by atoms with van der Waals surface area (Å²) in [7, 11) is 0. The van der Waals surface area contributed by atoms with Crippen molar-refractivity contribution < 1.29 is 23.5 Å². The van der Waals surface area contributed by atoms with Crippen molar-refractivity contribution in [1.29, 1.82) is 0 Å². The molecule has 2 aliphatic heterocycles. The summed E-state index contributed by atoms with van der Waals surface area (Å²) in [4.78, 5) is 27.3. The lowest BCUT2D eigenvalue weighted by molar-refractivity contribution is -0.122. The Kier molecular flexibility index (Phi) is 9.12. The molecule has 0 saturated carbocycles. The van der Waals surface area contributed by atoms with Gasteiger partial charge in [-0.2, -0.15) is 0 Å². The Morgan fingerprint density at radius 2 is 1.63 bits per heavy atom. The van der Waals surface area contributed by atoms with Crippen molar-refractivity contribution in [3.63, 3.8) is 0 Å². The third kappa shape index (κ3) is 7.79. The number of ketones is 1. The Labute approximate surface area is 206 Å². The van der Waals surface area contributed by atoms with Gasteiger partial charge in [0.2, 0.25) is 5.91 Å². The Morgan fingerprint density at radius 3 is 2.40 bits per heavy atom. The highest BCUT2D eigenvalue weighted by Gasteiger charge is 2.21. The van der Waals surface area contributed by atoms with Gasteiger partial charge in [0.15, 0.2) is 17.3 Å². The summed E-state index contributed by atoms with van der Waals surface area (Å²) >= 11 is 0. The van der Waals surface area contributed by atoms with Crippen LogP contribution in [0.2, 0.25) is 0 Å². The Balaban J connectivity index is 1.22. The molecule has 7 heteroatoms. The molecule has 1 amide bonds. The van der Waals surface area contributed by atoms with Gasteiger partial charge in [0, 0.05) is 31.0 Å². The lowest BCUT2D eigenvalue weighted by Crippen LogP contribution is -2.44. The summed E-state index contributed by atoms with van der Waals surface area (Å²) in [6.07, 6.45) is 6.28. The van der Waals surface area contributed by atoms with E-state index in [1.54, 1.807) is 0 Å². The van der Waals surface area contributed by atoms with Crippen LogP contribution < -0.4 is 14.8 Å². The normalized spacial score (nSPS) is 16.1. The van der Waals surface area contributed by atoms with Crippen LogP contribution in [0.1, 0.15) is 60.9 Å². The summed E-state index contributed by atoms with van der Waals surface area (Å²) in [5.41, 5.74) is 1.66. The summed E-state index contributed by atoms with van der Waals surface area (Å²) in [5, 5.41) is 3.25. The monoisotopic (exact) mass is 482 g/mol. The van der Waals surface area contributed by atoms with E-state index in [2.05, 4.69) is 16.3 Å². The van der Waals surface area contributed by atoms with Gasteiger partial charge >= 0.3 is 0 Å². The Morgan fingerprint density at radius 1 is 0.914 bits per heavy atom. The van der Waals surface area contributed by atoms with Gasteiger partial charge in [-0.1, -0.05) is 12.5 Å². The molecule has 0 spiro atoms. The predicted octanol–water partition coefficient (Wildman–Crippen LogP) is 4.55. The molecule has 2 aliphatic rings. The molecular formula is C28H35FN2O4. The van der Waals surface area contributed by atoms with Crippen LogP contribution in [0.3, 0.4) is 0 Å². The number of rotatable bonds is 12. The van der Waals surface area contributed by atoms with Crippen molar-refractivity contribution in [2.75, 3.05) is 32.8 Å². The minimum atomic E-state index is -0.343. The Hall–Kier alpha value is -2.93. The van der Waals surface area contributed by atoms with Crippen LogP contribution in [0, 0.1) is 5.82 Å². The summed E-state index contributed by atoms with van der Waals surface area (Å²) in [5.74, 6) is 1.27. The number of halogens is 1. The van der Waals surface area contributed by atoms with Crippen LogP contribution >= 0.6 is 0 Å². The summed E-state index contributed by atoms with van der Waals surface area (Å²) in [6.45, 7) is 4.12. The third-order valence-corrected chi connectivity index (χ3v) is 6.60. The zero-order chi connectivity index (χ0) is 24.5. The quantitative estimate of drug-likeness (QED) is 0.355. The molecule has 2 aromatic rings. The highest BCUT2D eigenvalue weighted by Crippen LogP contribution is 2.31. The molecule has 188 valence electrons. The fourth-order valence-electron chi connectivity index (χ4n) is 4.77. The number of ether oxygens (including phenoxy) is 2. The number of carbonyl (C=O) groups is 2. The second kappa shape index (κ2) is 12.7. The topological polar surface area (TPSA) is 67.9 Å². The van der Waals surface area contributed by atoms with Gasteiger partial charge in [-0.15, -0.1) is 0 Å². The number of benzene rings is 2. The van der Waals surface area contributed by atoms with Gasteiger partial charge in [-0.25, -0.2) is 4.39 Å². The number of hydrogen-bond acceptors (Lipinski definition) is 5. The van der Waals surface area contributed by atoms with Gasteiger partial charge in [0.05, 0.1) is 0 Å². The van der Waals surface area contributed by atoms with Gasteiger partial charge < -0.3 is 19.7 Å². The molecule has 0 aromatic heterocycles. The van der Waals surface area contributed by atoms with E-state index in [0.717, 1.165) is 62.4 Å². The first-order valence-electron chi connectivity index (χ1n) is 12.8. The van der Waals surface area contributed by atoms with Crippen LogP contribution in [0.4, 0.5) is 4.39 Å². The standard InChI is InChI=1S/C28H35FN2O4/c29-23-11-9-22(10-12-23)25(32)6-2-1-3-7-28(33)30-24(20-31-14-4-5-15-31)18-21-8-13-26-27(19-21)35-17-16-34-26/h8-13,19,24H,1-7,14-18,20H2,(H,30,33)/t24-/m0/s1. The van der Waals surface area contributed by atoms with Crippen molar-refractivity contribution in [1.82, 2.24) is 10.2 Å². The average molecular weight is 483 g/mol. The minimum absolute atomic E-state index is 0.0135. The smallest absolute Gasteiger partial charge is 0.220 e. The first-order valence-corrected chi connectivity index (χ1v) is 12.8. The van der Waals surface area contributed by atoms with Gasteiger partial charge in [-0.3, -0.25) is 9.59 Å². The summed E-state index contributed by atoms with van der Waals surface area (Å²) < 4.78 is 24.4. The molecule has 1 fully saturated rings. The van der Waals surface area contributed by atoms with Gasteiger partial charge in [-0.05, 0) is 87.2 Å². The van der Waals surface area contributed by atoms with Crippen LogP contribution in [0.5, 0.6) is 11.5 Å². The van der Waals surface area contributed by atoms with Crippen molar-refractivity contribution in [3.8, 4) is 11.5 Å². The maximum atomic E-state index is 13.0. The zero-order valence-corrected chi connectivity index (χ0v) is 20.3. The molecule has 35 heavy (non-hydrogen) atoms. The molecular weight excluding hydrogens is 447 g/mol. The number of fused-ring (bicyclic) bond motifs is 1. The van der Waals surface area contributed by atoms with Crippen LogP contribution in [-0.2, 0) is 11.2 Å². The van der Waals surface area contributed by atoms with E-state index in [1.165, 1.54) is 37.1 Å². The van der Waals surface area contributed by atoms with E-state index in [9.17, 15) is 14.0 Å². The van der Waals surface area contributed by atoms with E-state index in [1.807, 2.05) is 12.1 Å². The van der Waals surface area contributed by atoms with E-state index in [0.29, 0.717) is 31.6 Å². The van der Waals surface area contributed by atoms with Gasteiger partial charge in [0.25, 0.3) is 0 Å². The highest BCUT2D eigenvalue weighted by molar-refractivity contribution is 5.95. The van der Waals surface area contributed by atoms with Crippen LogP contribution in [0.25, 0.3) is 0 Å². The molecule has 2 aromatic carbocycles. The third-order valence-electron chi connectivity index (χ3n) is 6.60. The number of unbranched alkanes of at least 4 members (excludes halogenated alkanes) is 2. The van der Waals surface area contributed by atoms with Crippen molar-refractivity contribution >= 4 is 11.7 Å². The molecule has 0 unspecified atom stereocenters. The van der Waals surface area contributed by atoms with E-state index in [4.69, 9.17) is 9.47 Å². The zero-order valence-electron chi connectivity index (χ0n) is 20.3. The predicted molar refractivity (Wildman–Crippen MR) is 133 cm³/mol. The maximum absolute atomic E-state index is 13.0. The number of Topliss-reactive ketones (excluding diaryl/α,β-unsaturated/α-hetero) is 1. The molecule has 0 radical (unpaired) electrons. The van der Waals surface area contributed by atoms with Crippen molar-refractivity contribution in [3.05, 3.63) is 59.4 Å². The lowest BCUT2D eigenvalue weighted by atomic mass is 10.0. The van der Waals surface area contributed by atoms with Crippen molar-refractivity contribution in [2.24, 2.45) is 0 Å². The maximum Gasteiger partial charge on any atom is 0.220 e. The van der Waals surface area contributed by atoms with Crippen LogP contribution in [-0.4, -0.2) is 55.5 Å². The SMILES string of the molecule is O=C(CCCCCC(=O)c1ccc(F)cc1)N[C@@H](Cc1ccc2c(c1)OCCO2)CN1CCCC1. The second-order valence-electron chi connectivity index (χ2n) is 9.45. The number of likely N-dealkylation sites (tertiary alicyclic amines) is 1. The fraction of sp³-hybridized carbons (Fsp3) is 0.500. The molecule has 0 aliphatic carbocycles. The van der Waals surface area contributed by atoms with Crippen molar-refractivity contribution in [2.45, 2.75) is 57.4 Å². The number of hydrogen-bond donors (Lipinski definition) is 1. The van der Waals surface area contributed by atoms with E-state index in [-0.39, 0.29) is 23.5 Å². The second-order valence-corrected chi connectivity index (χ2v) is 9.45.